The lowest BCUT2D eigenvalue weighted by atomic mass is 9.86. The van der Waals surface area contributed by atoms with Crippen molar-refractivity contribution in [2.75, 3.05) is 6.54 Å². The molecule has 0 saturated carbocycles. The Morgan fingerprint density at radius 3 is 2.25 bits per heavy atom. The molecule has 2 atom stereocenters. The minimum absolute atomic E-state index is 0.419. The molecule has 0 amide bonds. The Kier molecular flexibility index (Phi) is 3.80. The molecule has 1 saturated heterocycles. The van der Waals surface area contributed by atoms with Gasteiger partial charge in [-0.3, -0.25) is 0 Å². The summed E-state index contributed by atoms with van der Waals surface area (Å²) in [6.45, 7) is 1.02. The molecule has 0 bridgehead atoms. The molecule has 20 heavy (non-hydrogen) atoms. The van der Waals surface area contributed by atoms with Crippen molar-refractivity contribution in [3.8, 4) is 6.07 Å². The third-order valence-corrected chi connectivity index (χ3v) is 4.13. The van der Waals surface area contributed by atoms with E-state index >= 15 is 0 Å². The van der Waals surface area contributed by atoms with Gasteiger partial charge >= 0.3 is 0 Å². The number of nitrogens with one attached hydrogen (secondary N) is 1. The van der Waals surface area contributed by atoms with Crippen molar-refractivity contribution < 1.29 is 0 Å². The first-order valence-corrected chi connectivity index (χ1v) is 7.15. The second kappa shape index (κ2) is 5.90. The molecule has 2 heteroatoms. The zero-order chi connectivity index (χ0) is 13.8. The number of benzene rings is 2. The lowest BCUT2D eigenvalue weighted by Gasteiger charge is -2.30. The number of nitrogens with zero attached hydrogens (tertiary/aromatic N) is 1. The highest BCUT2D eigenvalue weighted by molar-refractivity contribution is 5.33. The molecule has 2 nitrogen and oxygen atoms in total. The zero-order valence-electron chi connectivity index (χ0n) is 11.4. The Morgan fingerprint density at radius 1 is 0.900 bits per heavy atom. The minimum Gasteiger partial charge on any atom is -0.309 e. The average Bonchev–Trinajstić information content (AvgIpc) is 2.56. The smallest absolute Gasteiger partial charge is 0.0991 e. The van der Waals surface area contributed by atoms with Crippen LogP contribution < -0.4 is 5.32 Å². The second-order valence-electron chi connectivity index (χ2n) is 5.38. The molecule has 100 valence electrons. The molecular weight excluding hydrogens is 244 g/mol. The van der Waals surface area contributed by atoms with Gasteiger partial charge in [0.1, 0.15) is 0 Å². The van der Waals surface area contributed by atoms with Gasteiger partial charge in [-0.2, -0.15) is 5.26 Å². The average molecular weight is 262 g/mol. The summed E-state index contributed by atoms with van der Waals surface area (Å²) in [6, 6.07) is 21.3. The molecule has 0 aliphatic carbocycles. The summed E-state index contributed by atoms with van der Waals surface area (Å²) in [5, 5.41) is 12.5. The van der Waals surface area contributed by atoms with Crippen LogP contribution in [0.4, 0.5) is 0 Å². The number of hydrogen-bond donors (Lipinski definition) is 1. The van der Waals surface area contributed by atoms with E-state index in [0.29, 0.717) is 12.0 Å². The van der Waals surface area contributed by atoms with Crippen LogP contribution >= 0.6 is 0 Å². The van der Waals surface area contributed by atoms with Gasteiger partial charge in [0.25, 0.3) is 0 Å². The molecule has 1 aliphatic rings. The molecule has 2 unspecified atom stereocenters. The van der Waals surface area contributed by atoms with E-state index in [1.165, 1.54) is 17.5 Å². The lowest BCUT2D eigenvalue weighted by molar-refractivity contribution is 0.374. The highest BCUT2D eigenvalue weighted by Crippen LogP contribution is 2.31. The van der Waals surface area contributed by atoms with Crippen LogP contribution in [0.1, 0.15) is 41.5 Å². The van der Waals surface area contributed by atoms with Crippen molar-refractivity contribution in [3.05, 3.63) is 71.3 Å². The second-order valence-corrected chi connectivity index (χ2v) is 5.38. The van der Waals surface area contributed by atoms with E-state index in [-0.39, 0.29) is 0 Å². The standard InChI is InChI=1S/C18H18N2/c19-12-14-6-8-16(9-7-14)18-11-10-17(13-20-18)15-4-2-1-3-5-15/h1-9,17-18,20H,10-11,13H2. The van der Waals surface area contributed by atoms with Crippen LogP contribution in [0.25, 0.3) is 0 Å². The Bertz CT molecular complexity index is 588. The van der Waals surface area contributed by atoms with Crippen LogP contribution in [-0.2, 0) is 0 Å². The quantitative estimate of drug-likeness (QED) is 0.894. The Labute approximate surface area is 120 Å². The van der Waals surface area contributed by atoms with Gasteiger partial charge in [0, 0.05) is 12.6 Å². The van der Waals surface area contributed by atoms with Crippen molar-refractivity contribution >= 4 is 0 Å². The maximum Gasteiger partial charge on any atom is 0.0991 e. The highest BCUT2D eigenvalue weighted by atomic mass is 14.9. The zero-order valence-corrected chi connectivity index (χ0v) is 11.4. The van der Waals surface area contributed by atoms with Crippen molar-refractivity contribution in [3.63, 3.8) is 0 Å². The summed E-state index contributed by atoms with van der Waals surface area (Å²) < 4.78 is 0. The van der Waals surface area contributed by atoms with Crippen molar-refractivity contribution in [2.24, 2.45) is 0 Å². The van der Waals surface area contributed by atoms with Crippen LogP contribution in [-0.4, -0.2) is 6.54 Å². The maximum absolute atomic E-state index is 8.83. The summed E-state index contributed by atoms with van der Waals surface area (Å²) in [6.07, 6.45) is 2.35. The first-order valence-electron chi connectivity index (χ1n) is 7.15. The predicted octanol–water partition coefficient (Wildman–Crippen LogP) is 3.77. The molecule has 2 aromatic carbocycles. The number of hydrogen-bond acceptors (Lipinski definition) is 2. The summed E-state index contributed by atoms with van der Waals surface area (Å²) >= 11 is 0. The van der Waals surface area contributed by atoms with Crippen LogP contribution in [0.2, 0.25) is 0 Å². The number of rotatable bonds is 2. The van der Waals surface area contributed by atoms with Crippen molar-refractivity contribution in [1.29, 1.82) is 5.26 Å². The van der Waals surface area contributed by atoms with Crippen LogP contribution in [0.15, 0.2) is 54.6 Å². The third kappa shape index (κ3) is 2.74. The van der Waals surface area contributed by atoms with Crippen molar-refractivity contribution in [2.45, 2.75) is 24.8 Å². The SMILES string of the molecule is N#Cc1ccc(C2CCC(c3ccccc3)CN2)cc1. The van der Waals surface area contributed by atoms with Gasteiger partial charge in [-0.05, 0) is 42.0 Å². The fraction of sp³-hybridized carbons (Fsp3) is 0.278. The maximum atomic E-state index is 8.83. The topological polar surface area (TPSA) is 35.8 Å². The summed E-state index contributed by atoms with van der Waals surface area (Å²) in [5.41, 5.74) is 3.44. The highest BCUT2D eigenvalue weighted by Gasteiger charge is 2.22. The number of piperidine rings is 1. The van der Waals surface area contributed by atoms with Gasteiger partial charge in [-0.25, -0.2) is 0 Å². The third-order valence-electron chi connectivity index (χ3n) is 4.13. The molecule has 0 spiro atoms. The first kappa shape index (κ1) is 12.9. The normalized spacial score (nSPS) is 22.1. The molecule has 3 rings (SSSR count). The van der Waals surface area contributed by atoms with Gasteiger partial charge in [0.2, 0.25) is 0 Å². The van der Waals surface area contributed by atoms with Crippen LogP contribution in [0, 0.1) is 11.3 Å². The minimum atomic E-state index is 0.419. The molecular formula is C18H18N2. The molecule has 1 fully saturated rings. The lowest BCUT2D eigenvalue weighted by Crippen LogP contribution is -2.32. The fourth-order valence-corrected chi connectivity index (χ4v) is 2.94. The van der Waals surface area contributed by atoms with Crippen LogP contribution in [0.5, 0.6) is 0 Å². The number of nitriles is 1. The summed E-state index contributed by atoms with van der Waals surface area (Å²) in [5.74, 6) is 0.617. The van der Waals surface area contributed by atoms with Gasteiger partial charge in [-0.1, -0.05) is 42.5 Å². The van der Waals surface area contributed by atoms with E-state index < -0.39 is 0 Å². The van der Waals surface area contributed by atoms with E-state index in [4.69, 9.17) is 5.26 Å². The molecule has 1 aliphatic heterocycles. The summed E-state index contributed by atoms with van der Waals surface area (Å²) in [4.78, 5) is 0. The largest absolute Gasteiger partial charge is 0.309 e. The van der Waals surface area contributed by atoms with Gasteiger partial charge in [0.05, 0.1) is 11.6 Å². The van der Waals surface area contributed by atoms with Crippen molar-refractivity contribution in [1.82, 2.24) is 5.32 Å². The van der Waals surface area contributed by atoms with E-state index in [2.05, 4.69) is 53.9 Å². The Hall–Kier alpha value is -2.11. The molecule has 0 aromatic heterocycles. The predicted molar refractivity (Wildman–Crippen MR) is 80.3 cm³/mol. The van der Waals surface area contributed by atoms with E-state index in [9.17, 15) is 0 Å². The first-order chi connectivity index (χ1) is 9.86. The van der Waals surface area contributed by atoms with E-state index in [1.807, 2.05) is 12.1 Å². The van der Waals surface area contributed by atoms with Gasteiger partial charge < -0.3 is 5.32 Å². The molecule has 0 radical (unpaired) electrons. The molecule has 2 aromatic rings. The Balaban J connectivity index is 1.65. The fourth-order valence-electron chi connectivity index (χ4n) is 2.94. The van der Waals surface area contributed by atoms with Gasteiger partial charge in [-0.15, -0.1) is 0 Å². The molecule has 1 N–H and O–H groups in total. The van der Waals surface area contributed by atoms with E-state index in [0.717, 1.165) is 18.5 Å². The molecule has 1 heterocycles. The monoisotopic (exact) mass is 262 g/mol. The van der Waals surface area contributed by atoms with E-state index in [1.54, 1.807) is 0 Å². The Morgan fingerprint density at radius 2 is 1.65 bits per heavy atom. The van der Waals surface area contributed by atoms with Crippen LogP contribution in [0.3, 0.4) is 0 Å². The summed E-state index contributed by atoms with van der Waals surface area (Å²) in [7, 11) is 0. The van der Waals surface area contributed by atoms with Gasteiger partial charge in [0.15, 0.2) is 0 Å².